The van der Waals surface area contributed by atoms with E-state index in [2.05, 4.69) is 58.3 Å². The zero-order chi connectivity index (χ0) is 20.9. The standard InChI is InChI=1S/C25H34N4O/c1-20-4-3-13-28(18-20)19-21-5-7-22(8-6-21)25(30)26-23-9-11-24(12-10-23)29-16-14-27(2)15-17-29/h5-12,20H,3-4,13-19H2,1-2H3,(H,26,30)/t20-/m0/s1. The predicted molar refractivity (Wildman–Crippen MR) is 124 cm³/mol. The van der Waals surface area contributed by atoms with Gasteiger partial charge in [0.2, 0.25) is 0 Å². The summed E-state index contributed by atoms with van der Waals surface area (Å²) in [7, 11) is 2.16. The lowest BCUT2D eigenvalue weighted by atomic mass is 9.99. The molecule has 2 aliphatic heterocycles. The minimum atomic E-state index is -0.0551. The van der Waals surface area contributed by atoms with E-state index in [1.165, 1.54) is 37.2 Å². The number of amides is 1. The van der Waals surface area contributed by atoms with E-state index in [0.29, 0.717) is 5.56 Å². The fourth-order valence-electron chi connectivity index (χ4n) is 4.47. The summed E-state index contributed by atoms with van der Waals surface area (Å²) in [4.78, 5) is 19.9. The Bertz CT molecular complexity index is 825. The van der Waals surface area contributed by atoms with E-state index in [1.807, 2.05) is 24.3 Å². The molecule has 1 atom stereocenters. The molecular weight excluding hydrogens is 372 g/mol. The van der Waals surface area contributed by atoms with Crippen molar-refractivity contribution in [2.45, 2.75) is 26.3 Å². The van der Waals surface area contributed by atoms with Gasteiger partial charge in [-0.15, -0.1) is 0 Å². The van der Waals surface area contributed by atoms with Crippen LogP contribution in [0.15, 0.2) is 48.5 Å². The Balaban J connectivity index is 1.31. The molecule has 2 heterocycles. The number of benzene rings is 2. The van der Waals surface area contributed by atoms with E-state index in [9.17, 15) is 4.79 Å². The molecular formula is C25H34N4O. The van der Waals surface area contributed by atoms with Crippen LogP contribution < -0.4 is 10.2 Å². The third-order valence-corrected chi connectivity index (χ3v) is 6.36. The van der Waals surface area contributed by atoms with E-state index >= 15 is 0 Å². The normalized spacial score (nSPS) is 20.9. The first-order valence-corrected chi connectivity index (χ1v) is 11.2. The smallest absolute Gasteiger partial charge is 0.255 e. The van der Waals surface area contributed by atoms with Gasteiger partial charge < -0.3 is 15.1 Å². The highest BCUT2D eigenvalue weighted by Crippen LogP contribution is 2.21. The van der Waals surface area contributed by atoms with Crippen LogP contribution in [-0.2, 0) is 6.54 Å². The number of nitrogens with one attached hydrogen (secondary N) is 1. The van der Waals surface area contributed by atoms with E-state index in [0.717, 1.165) is 44.3 Å². The fraction of sp³-hybridized carbons (Fsp3) is 0.480. The summed E-state index contributed by atoms with van der Waals surface area (Å²) >= 11 is 0. The summed E-state index contributed by atoms with van der Waals surface area (Å²) in [6.45, 7) is 9.92. The van der Waals surface area contributed by atoms with Crippen molar-refractivity contribution in [1.29, 1.82) is 0 Å². The van der Waals surface area contributed by atoms with Crippen LogP contribution in [0.3, 0.4) is 0 Å². The quantitative estimate of drug-likeness (QED) is 0.817. The lowest BCUT2D eigenvalue weighted by Gasteiger charge is -2.34. The number of anilines is 2. The maximum atomic E-state index is 12.6. The second kappa shape index (κ2) is 9.63. The second-order valence-electron chi connectivity index (χ2n) is 8.97. The van der Waals surface area contributed by atoms with Gasteiger partial charge in [-0.1, -0.05) is 19.1 Å². The average Bonchev–Trinajstić information content (AvgIpc) is 2.75. The molecule has 1 N–H and O–H groups in total. The fourth-order valence-corrected chi connectivity index (χ4v) is 4.47. The Morgan fingerprint density at radius 1 is 0.967 bits per heavy atom. The number of carbonyl (C=O) groups is 1. The zero-order valence-corrected chi connectivity index (χ0v) is 18.3. The molecule has 0 aromatic heterocycles. The van der Waals surface area contributed by atoms with Gasteiger partial charge in [0.05, 0.1) is 0 Å². The van der Waals surface area contributed by atoms with Crippen LogP contribution >= 0.6 is 0 Å². The number of likely N-dealkylation sites (tertiary alicyclic amines) is 1. The molecule has 4 rings (SSSR count). The minimum Gasteiger partial charge on any atom is -0.369 e. The highest BCUT2D eigenvalue weighted by molar-refractivity contribution is 6.04. The summed E-state index contributed by atoms with van der Waals surface area (Å²) in [5.74, 6) is 0.729. The van der Waals surface area contributed by atoms with Crippen LogP contribution in [0.4, 0.5) is 11.4 Å². The maximum Gasteiger partial charge on any atom is 0.255 e. The van der Waals surface area contributed by atoms with Crippen molar-refractivity contribution in [3.8, 4) is 0 Å². The van der Waals surface area contributed by atoms with Crippen LogP contribution in [0.25, 0.3) is 0 Å². The topological polar surface area (TPSA) is 38.8 Å². The molecule has 2 fully saturated rings. The van der Waals surface area contributed by atoms with Crippen LogP contribution in [-0.4, -0.2) is 62.0 Å². The minimum absolute atomic E-state index is 0.0551. The Hall–Kier alpha value is -2.37. The van der Waals surface area contributed by atoms with Crippen molar-refractivity contribution >= 4 is 17.3 Å². The van der Waals surface area contributed by atoms with E-state index in [4.69, 9.17) is 0 Å². The van der Waals surface area contributed by atoms with Gasteiger partial charge >= 0.3 is 0 Å². The molecule has 0 spiro atoms. The molecule has 160 valence electrons. The van der Waals surface area contributed by atoms with Crippen molar-refractivity contribution in [2.75, 3.05) is 56.5 Å². The monoisotopic (exact) mass is 406 g/mol. The van der Waals surface area contributed by atoms with Crippen molar-refractivity contribution in [2.24, 2.45) is 5.92 Å². The summed E-state index contributed by atoms with van der Waals surface area (Å²) < 4.78 is 0. The van der Waals surface area contributed by atoms with Gasteiger partial charge in [0.15, 0.2) is 0 Å². The molecule has 2 saturated heterocycles. The van der Waals surface area contributed by atoms with Gasteiger partial charge in [0, 0.05) is 56.2 Å². The van der Waals surface area contributed by atoms with Crippen molar-refractivity contribution in [3.05, 3.63) is 59.7 Å². The number of nitrogens with zero attached hydrogens (tertiary/aromatic N) is 3. The molecule has 0 radical (unpaired) electrons. The van der Waals surface area contributed by atoms with Gasteiger partial charge in [-0.05, 0) is 74.3 Å². The third kappa shape index (κ3) is 5.41. The third-order valence-electron chi connectivity index (χ3n) is 6.36. The number of piperazine rings is 1. The van der Waals surface area contributed by atoms with E-state index < -0.39 is 0 Å². The Morgan fingerprint density at radius 3 is 2.33 bits per heavy atom. The number of hydrogen-bond donors (Lipinski definition) is 1. The first-order chi connectivity index (χ1) is 14.6. The van der Waals surface area contributed by atoms with Gasteiger partial charge in [-0.3, -0.25) is 9.69 Å². The SMILES string of the molecule is C[C@H]1CCCN(Cc2ccc(C(=O)Nc3ccc(N4CCN(C)CC4)cc3)cc2)C1. The first kappa shape index (κ1) is 20.9. The summed E-state index contributed by atoms with van der Waals surface area (Å²) in [6.07, 6.45) is 2.63. The number of likely N-dealkylation sites (N-methyl/N-ethyl adjacent to an activating group) is 1. The Morgan fingerprint density at radius 2 is 1.67 bits per heavy atom. The number of carbonyl (C=O) groups excluding carboxylic acids is 1. The maximum absolute atomic E-state index is 12.6. The van der Waals surface area contributed by atoms with Crippen LogP contribution in [0.5, 0.6) is 0 Å². The number of piperidine rings is 1. The lowest BCUT2D eigenvalue weighted by Crippen LogP contribution is -2.44. The Kier molecular flexibility index (Phi) is 6.70. The first-order valence-electron chi connectivity index (χ1n) is 11.2. The molecule has 2 aromatic carbocycles. The molecule has 2 aromatic rings. The van der Waals surface area contributed by atoms with Crippen LogP contribution in [0.2, 0.25) is 0 Å². The van der Waals surface area contributed by atoms with Crippen molar-refractivity contribution in [3.63, 3.8) is 0 Å². The molecule has 0 aliphatic carbocycles. The van der Waals surface area contributed by atoms with Gasteiger partial charge in [0.25, 0.3) is 5.91 Å². The molecule has 5 heteroatoms. The number of rotatable bonds is 5. The molecule has 2 aliphatic rings. The summed E-state index contributed by atoms with van der Waals surface area (Å²) in [5.41, 5.74) is 4.04. The average molecular weight is 407 g/mol. The highest BCUT2D eigenvalue weighted by Gasteiger charge is 2.17. The summed E-state index contributed by atoms with van der Waals surface area (Å²) in [6, 6.07) is 16.3. The van der Waals surface area contributed by atoms with Gasteiger partial charge in [0.1, 0.15) is 0 Å². The summed E-state index contributed by atoms with van der Waals surface area (Å²) in [5, 5.41) is 3.03. The zero-order valence-electron chi connectivity index (χ0n) is 18.3. The predicted octanol–water partition coefficient (Wildman–Crippen LogP) is 3.92. The molecule has 1 amide bonds. The molecule has 5 nitrogen and oxygen atoms in total. The van der Waals surface area contributed by atoms with Crippen molar-refractivity contribution in [1.82, 2.24) is 9.80 Å². The van der Waals surface area contributed by atoms with E-state index in [1.54, 1.807) is 0 Å². The molecule has 30 heavy (non-hydrogen) atoms. The molecule has 0 unspecified atom stereocenters. The van der Waals surface area contributed by atoms with Crippen LogP contribution in [0.1, 0.15) is 35.7 Å². The number of hydrogen-bond acceptors (Lipinski definition) is 4. The highest BCUT2D eigenvalue weighted by atomic mass is 16.1. The Labute approximate surface area is 180 Å². The largest absolute Gasteiger partial charge is 0.369 e. The molecule has 0 saturated carbocycles. The van der Waals surface area contributed by atoms with Gasteiger partial charge in [-0.2, -0.15) is 0 Å². The lowest BCUT2D eigenvalue weighted by molar-refractivity contribution is 0.102. The van der Waals surface area contributed by atoms with Crippen molar-refractivity contribution < 1.29 is 4.79 Å². The van der Waals surface area contributed by atoms with Crippen LogP contribution in [0, 0.1) is 5.92 Å². The van der Waals surface area contributed by atoms with E-state index in [-0.39, 0.29) is 5.91 Å². The molecule has 0 bridgehead atoms. The second-order valence-corrected chi connectivity index (χ2v) is 8.97. The van der Waals surface area contributed by atoms with Gasteiger partial charge in [-0.25, -0.2) is 0 Å².